The quantitative estimate of drug-likeness (QED) is 0.701. The van der Waals surface area contributed by atoms with Crippen LogP contribution in [-0.2, 0) is 6.54 Å². The molecule has 27 heavy (non-hydrogen) atoms. The number of rotatable bonds is 6. The summed E-state index contributed by atoms with van der Waals surface area (Å²) in [5.41, 5.74) is 2.79. The number of aromatic nitrogens is 3. The lowest BCUT2D eigenvalue weighted by Crippen LogP contribution is -2.18. The van der Waals surface area contributed by atoms with Crippen molar-refractivity contribution in [1.29, 1.82) is 0 Å². The van der Waals surface area contributed by atoms with Crippen LogP contribution in [0.1, 0.15) is 18.4 Å². The van der Waals surface area contributed by atoms with E-state index in [0.717, 1.165) is 25.2 Å². The smallest absolute Gasteiger partial charge is 0.387 e. The Labute approximate surface area is 156 Å². The van der Waals surface area contributed by atoms with Crippen molar-refractivity contribution < 1.29 is 13.5 Å². The van der Waals surface area contributed by atoms with Crippen molar-refractivity contribution in [1.82, 2.24) is 20.1 Å². The minimum Gasteiger partial charge on any atom is -0.435 e. The first-order valence-corrected chi connectivity index (χ1v) is 8.97. The molecule has 0 spiro atoms. The summed E-state index contributed by atoms with van der Waals surface area (Å²) in [5.74, 6) is 1.18. The molecule has 1 aliphatic rings. The fourth-order valence-electron chi connectivity index (χ4n) is 3.35. The number of nitrogens with zero attached hydrogens (tertiary/aromatic N) is 3. The van der Waals surface area contributed by atoms with Gasteiger partial charge in [0.15, 0.2) is 11.6 Å². The molecule has 1 N–H and O–H groups in total. The van der Waals surface area contributed by atoms with Crippen LogP contribution in [0.4, 0.5) is 8.78 Å². The number of aromatic amines is 1. The molecule has 5 nitrogen and oxygen atoms in total. The second kappa shape index (κ2) is 7.84. The van der Waals surface area contributed by atoms with Crippen molar-refractivity contribution in [2.24, 2.45) is 0 Å². The van der Waals surface area contributed by atoms with Gasteiger partial charge in [0.25, 0.3) is 0 Å². The van der Waals surface area contributed by atoms with E-state index in [-0.39, 0.29) is 5.75 Å². The Hall–Kier alpha value is -2.80. The molecule has 1 fully saturated rings. The fraction of sp³-hybridized carbons (Fsp3) is 0.300. The van der Waals surface area contributed by atoms with Crippen LogP contribution in [0.5, 0.6) is 5.75 Å². The SMILES string of the molecule is FC(F)Oc1cccc(-c2nc(-c3cccc(CN4CCCC4)c3)n[nH]2)c1. The number of benzene rings is 2. The number of H-pyrrole nitrogens is 1. The van der Waals surface area contributed by atoms with Gasteiger partial charge in [0.05, 0.1) is 0 Å². The third kappa shape index (κ3) is 4.31. The van der Waals surface area contributed by atoms with E-state index in [9.17, 15) is 8.78 Å². The fourth-order valence-corrected chi connectivity index (χ4v) is 3.35. The predicted octanol–water partition coefficient (Wildman–Crippen LogP) is 4.34. The van der Waals surface area contributed by atoms with Crippen molar-refractivity contribution in [2.45, 2.75) is 26.0 Å². The van der Waals surface area contributed by atoms with Gasteiger partial charge in [0, 0.05) is 17.7 Å². The first kappa shape index (κ1) is 17.6. The van der Waals surface area contributed by atoms with Gasteiger partial charge in [-0.2, -0.15) is 13.9 Å². The Bertz CT molecular complexity index is 906. The Morgan fingerprint density at radius 2 is 1.81 bits per heavy atom. The summed E-state index contributed by atoms with van der Waals surface area (Å²) in [6.45, 7) is 0.361. The van der Waals surface area contributed by atoms with E-state index in [0.29, 0.717) is 17.2 Å². The molecule has 2 aromatic carbocycles. The molecule has 0 atom stereocenters. The van der Waals surface area contributed by atoms with Gasteiger partial charge in [-0.15, -0.1) is 0 Å². The maximum absolute atomic E-state index is 12.4. The molecule has 0 bridgehead atoms. The lowest BCUT2D eigenvalue weighted by atomic mass is 10.1. The van der Waals surface area contributed by atoms with Crippen molar-refractivity contribution in [2.75, 3.05) is 13.1 Å². The van der Waals surface area contributed by atoms with Crippen LogP contribution in [-0.4, -0.2) is 39.8 Å². The maximum Gasteiger partial charge on any atom is 0.387 e. The summed E-state index contributed by atoms with van der Waals surface area (Å²) in [7, 11) is 0. The number of hydrogen-bond acceptors (Lipinski definition) is 4. The molecule has 0 saturated carbocycles. The Morgan fingerprint density at radius 1 is 1.04 bits per heavy atom. The zero-order valence-corrected chi connectivity index (χ0v) is 14.7. The molecule has 7 heteroatoms. The maximum atomic E-state index is 12.4. The van der Waals surface area contributed by atoms with Crippen LogP contribution in [0.25, 0.3) is 22.8 Å². The van der Waals surface area contributed by atoms with Gasteiger partial charge in [0.2, 0.25) is 0 Å². The summed E-state index contributed by atoms with van der Waals surface area (Å²) >= 11 is 0. The van der Waals surface area contributed by atoms with E-state index < -0.39 is 6.61 Å². The summed E-state index contributed by atoms with van der Waals surface area (Å²) in [4.78, 5) is 6.96. The number of halogens is 2. The van der Waals surface area contributed by atoms with E-state index in [2.05, 4.69) is 37.0 Å². The minimum absolute atomic E-state index is 0.0908. The van der Waals surface area contributed by atoms with Crippen LogP contribution >= 0.6 is 0 Å². The van der Waals surface area contributed by atoms with Crippen LogP contribution in [0.3, 0.4) is 0 Å². The van der Waals surface area contributed by atoms with E-state index >= 15 is 0 Å². The third-order valence-electron chi connectivity index (χ3n) is 4.61. The minimum atomic E-state index is -2.86. The molecular weight excluding hydrogens is 350 g/mol. The Kier molecular flexibility index (Phi) is 5.11. The van der Waals surface area contributed by atoms with Crippen molar-refractivity contribution in [3.05, 3.63) is 54.1 Å². The van der Waals surface area contributed by atoms with E-state index in [1.807, 2.05) is 12.1 Å². The van der Waals surface area contributed by atoms with Gasteiger partial charge in [-0.25, -0.2) is 4.98 Å². The highest BCUT2D eigenvalue weighted by Crippen LogP contribution is 2.25. The molecule has 1 aromatic heterocycles. The first-order valence-electron chi connectivity index (χ1n) is 8.97. The summed E-state index contributed by atoms with van der Waals surface area (Å²) in [6.07, 6.45) is 2.52. The second-order valence-corrected chi connectivity index (χ2v) is 6.60. The van der Waals surface area contributed by atoms with Gasteiger partial charge in [-0.05, 0) is 49.7 Å². The second-order valence-electron chi connectivity index (χ2n) is 6.60. The molecular formula is C20H20F2N4O. The average molecular weight is 370 g/mol. The summed E-state index contributed by atoms with van der Waals surface area (Å²) < 4.78 is 29.3. The monoisotopic (exact) mass is 370 g/mol. The highest BCUT2D eigenvalue weighted by atomic mass is 19.3. The van der Waals surface area contributed by atoms with Crippen molar-refractivity contribution in [3.8, 4) is 28.5 Å². The standard InChI is InChI=1S/C20H20F2N4O/c21-20(22)27-17-8-4-7-16(12-17)19-23-18(24-25-19)15-6-3-5-14(11-15)13-26-9-1-2-10-26/h3-8,11-12,20H,1-2,9-10,13H2,(H,23,24,25). The Morgan fingerprint density at radius 3 is 2.63 bits per heavy atom. The zero-order chi connectivity index (χ0) is 18.6. The molecule has 1 saturated heterocycles. The number of likely N-dealkylation sites (tertiary alicyclic amines) is 1. The molecule has 1 aliphatic heterocycles. The summed E-state index contributed by atoms with van der Waals surface area (Å²) in [6, 6.07) is 14.6. The highest BCUT2D eigenvalue weighted by molar-refractivity contribution is 5.62. The van der Waals surface area contributed by atoms with Crippen LogP contribution in [0, 0.1) is 0 Å². The lowest BCUT2D eigenvalue weighted by molar-refractivity contribution is -0.0498. The molecule has 4 rings (SSSR count). The molecule has 140 valence electrons. The molecule has 0 amide bonds. The van der Waals surface area contributed by atoms with Gasteiger partial charge in [0.1, 0.15) is 5.75 Å². The molecule has 0 unspecified atom stereocenters. The molecule has 2 heterocycles. The predicted molar refractivity (Wildman–Crippen MR) is 98.4 cm³/mol. The Balaban J connectivity index is 1.54. The van der Waals surface area contributed by atoms with Crippen LogP contribution in [0.2, 0.25) is 0 Å². The number of ether oxygens (including phenoxy) is 1. The summed E-state index contributed by atoms with van der Waals surface area (Å²) in [5, 5.41) is 7.17. The van der Waals surface area contributed by atoms with Crippen LogP contribution in [0.15, 0.2) is 48.5 Å². The third-order valence-corrected chi connectivity index (χ3v) is 4.61. The van der Waals surface area contributed by atoms with Gasteiger partial charge < -0.3 is 4.74 Å². The van der Waals surface area contributed by atoms with Gasteiger partial charge in [-0.3, -0.25) is 10.00 Å². The zero-order valence-electron chi connectivity index (χ0n) is 14.7. The number of hydrogen-bond donors (Lipinski definition) is 1. The van der Waals surface area contributed by atoms with Gasteiger partial charge >= 0.3 is 6.61 Å². The normalized spacial score (nSPS) is 14.8. The lowest BCUT2D eigenvalue weighted by Gasteiger charge is -2.14. The van der Waals surface area contributed by atoms with Crippen molar-refractivity contribution >= 4 is 0 Å². The van der Waals surface area contributed by atoms with Crippen molar-refractivity contribution in [3.63, 3.8) is 0 Å². The number of alkyl halides is 2. The molecule has 3 aromatic rings. The van der Waals surface area contributed by atoms with E-state index in [1.165, 1.54) is 30.5 Å². The van der Waals surface area contributed by atoms with E-state index in [4.69, 9.17) is 0 Å². The average Bonchev–Trinajstić information content (AvgIpc) is 3.33. The van der Waals surface area contributed by atoms with Gasteiger partial charge in [-0.1, -0.05) is 30.3 Å². The topological polar surface area (TPSA) is 54.0 Å². The van der Waals surface area contributed by atoms with Crippen LogP contribution < -0.4 is 4.74 Å². The first-order chi connectivity index (χ1) is 13.2. The highest BCUT2D eigenvalue weighted by Gasteiger charge is 2.14. The molecule has 0 radical (unpaired) electrons. The van der Waals surface area contributed by atoms with E-state index in [1.54, 1.807) is 12.1 Å². The number of nitrogens with one attached hydrogen (secondary N) is 1. The largest absolute Gasteiger partial charge is 0.435 e. The molecule has 0 aliphatic carbocycles.